The van der Waals surface area contributed by atoms with Gasteiger partial charge in [0, 0.05) is 32.2 Å². The molecule has 1 heterocycles. The average molecular weight is 381 g/mol. The first-order valence-electron chi connectivity index (χ1n) is 10.8. The Hall–Kier alpha value is -1.68. The van der Waals surface area contributed by atoms with Crippen molar-refractivity contribution in [3.8, 4) is 0 Å². The average Bonchev–Trinajstić information content (AvgIpc) is 3.16. The predicted octanol–water partition coefficient (Wildman–Crippen LogP) is 5.17. The third-order valence-electron chi connectivity index (χ3n) is 5.52. The molecule has 2 aromatic rings. The Morgan fingerprint density at radius 1 is 0.964 bits per heavy atom. The van der Waals surface area contributed by atoms with Crippen LogP contribution in [0, 0.1) is 5.92 Å². The Morgan fingerprint density at radius 3 is 2.04 bits per heavy atom. The standard InChI is InChI=1S/C25H36N2O/c1-4-15-26-19-25(28-20-26)24(16-21(2)3)27(17-22-11-7-5-8-12-22)18-23-13-9-6-10-14-23/h5-14,21,24-25H,4,15-20H2,1-3H3/t24-,25+/m0/s1. The van der Waals surface area contributed by atoms with E-state index in [0.717, 1.165) is 39.3 Å². The van der Waals surface area contributed by atoms with Crippen molar-refractivity contribution in [3.05, 3.63) is 71.8 Å². The number of hydrogen-bond donors (Lipinski definition) is 0. The Balaban J connectivity index is 1.82. The second-order valence-corrected chi connectivity index (χ2v) is 8.48. The molecule has 0 N–H and O–H groups in total. The first-order valence-corrected chi connectivity index (χ1v) is 10.8. The summed E-state index contributed by atoms with van der Waals surface area (Å²) in [6.45, 7) is 11.8. The van der Waals surface area contributed by atoms with Gasteiger partial charge in [-0.1, -0.05) is 81.4 Å². The van der Waals surface area contributed by atoms with Crippen LogP contribution in [0.25, 0.3) is 0 Å². The first kappa shape index (κ1) is 21.0. The molecular formula is C25H36N2O. The van der Waals surface area contributed by atoms with Crippen LogP contribution in [0.15, 0.2) is 60.7 Å². The quantitative estimate of drug-likeness (QED) is 0.565. The molecule has 1 saturated heterocycles. The molecular weight excluding hydrogens is 344 g/mol. The molecule has 0 radical (unpaired) electrons. The normalized spacial score (nSPS) is 18.8. The van der Waals surface area contributed by atoms with E-state index in [-0.39, 0.29) is 6.10 Å². The SMILES string of the molecule is CCCN1CO[C@@H]([C@H](CC(C)C)N(Cc2ccccc2)Cc2ccccc2)C1. The van der Waals surface area contributed by atoms with E-state index < -0.39 is 0 Å². The molecule has 0 amide bonds. The van der Waals surface area contributed by atoms with Gasteiger partial charge in [-0.3, -0.25) is 9.80 Å². The summed E-state index contributed by atoms with van der Waals surface area (Å²) < 4.78 is 6.32. The summed E-state index contributed by atoms with van der Waals surface area (Å²) >= 11 is 0. The molecule has 2 aromatic carbocycles. The molecule has 28 heavy (non-hydrogen) atoms. The fraction of sp³-hybridized carbons (Fsp3) is 0.520. The van der Waals surface area contributed by atoms with E-state index in [0.29, 0.717) is 12.0 Å². The van der Waals surface area contributed by atoms with E-state index in [4.69, 9.17) is 4.74 Å². The lowest BCUT2D eigenvalue weighted by molar-refractivity contribution is 0.00710. The maximum Gasteiger partial charge on any atom is 0.0996 e. The van der Waals surface area contributed by atoms with E-state index in [1.165, 1.54) is 17.5 Å². The molecule has 2 atom stereocenters. The minimum absolute atomic E-state index is 0.279. The highest BCUT2D eigenvalue weighted by Crippen LogP contribution is 2.25. The zero-order chi connectivity index (χ0) is 19.8. The van der Waals surface area contributed by atoms with E-state index >= 15 is 0 Å². The summed E-state index contributed by atoms with van der Waals surface area (Å²) in [5.74, 6) is 0.642. The highest BCUT2D eigenvalue weighted by molar-refractivity contribution is 5.17. The van der Waals surface area contributed by atoms with Crippen LogP contribution in [0.4, 0.5) is 0 Å². The molecule has 0 aromatic heterocycles. The van der Waals surface area contributed by atoms with E-state index in [2.05, 4.69) is 91.2 Å². The van der Waals surface area contributed by atoms with Crippen LogP contribution in [0.3, 0.4) is 0 Å². The van der Waals surface area contributed by atoms with Gasteiger partial charge in [0.15, 0.2) is 0 Å². The monoisotopic (exact) mass is 380 g/mol. The van der Waals surface area contributed by atoms with Gasteiger partial charge in [-0.15, -0.1) is 0 Å². The molecule has 1 aliphatic rings. The molecule has 0 unspecified atom stereocenters. The topological polar surface area (TPSA) is 15.7 Å². The Labute approximate surface area is 171 Å². The van der Waals surface area contributed by atoms with E-state index in [9.17, 15) is 0 Å². The van der Waals surface area contributed by atoms with Crippen molar-refractivity contribution in [1.29, 1.82) is 0 Å². The molecule has 0 bridgehead atoms. The van der Waals surface area contributed by atoms with Gasteiger partial charge in [-0.05, 0) is 29.9 Å². The summed E-state index contributed by atoms with van der Waals surface area (Å²) in [7, 11) is 0. The van der Waals surface area contributed by atoms with Gasteiger partial charge in [0.1, 0.15) is 0 Å². The Bertz CT molecular complexity index is 632. The van der Waals surface area contributed by atoms with Crippen LogP contribution in [-0.2, 0) is 17.8 Å². The third kappa shape index (κ3) is 6.16. The van der Waals surface area contributed by atoms with Crippen LogP contribution in [-0.4, -0.2) is 41.8 Å². The number of rotatable bonds is 10. The molecule has 0 spiro atoms. The van der Waals surface area contributed by atoms with Crippen LogP contribution < -0.4 is 0 Å². The minimum Gasteiger partial charge on any atom is -0.360 e. The van der Waals surface area contributed by atoms with Crippen LogP contribution in [0.5, 0.6) is 0 Å². The van der Waals surface area contributed by atoms with Gasteiger partial charge in [-0.25, -0.2) is 0 Å². The fourth-order valence-corrected chi connectivity index (χ4v) is 4.21. The number of nitrogens with zero attached hydrogens (tertiary/aromatic N) is 2. The van der Waals surface area contributed by atoms with Crippen molar-refractivity contribution < 1.29 is 4.74 Å². The van der Waals surface area contributed by atoms with Crippen molar-refractivity contribution >= 4 is 0 Å². The summed E-state index contributed by atoms with van der Waals surface area (Å²) in [5, 5.41) is 0. The summed E-state index contributed by atoms with van der Waals surface area (Å²) in [6, 6.07) is 22.1. The number of hydrogen-bond acceptors (Lipinski definition) is 3. The maximum absolute atomic E-state index is 6.32. The second kappa shape index (κ2) is 10.8. The fourth-order valence-electron chi connectivity index (χ4n) is 4.21. The van der Waals surface area contributed by atoms with Crippen molar-refractivity contribution in [2.24, 2.45) is 5.92 Å². The van der Waals surface area contributed by atoms with Gasteiger partial charge in [0.05, 0.1) is 12.8 Å². The lowest BCUT2D eigenvalue weighted by Gasteiger charge is -2.36. The van der Waals surface area contributed by atoms with Crippen molar-refractivity contribution in [2.75, 3.05) is 19.8 Å². The largest absolute Gasteiger partial charge is 0.360 e. The molecule has 1 fully saturated rings. The second-order valence-electron chi connectivity index (χ2n) is 8.48. The van der Waals surface area contributed by atoms with Crippen molar-refractivity contribution in [2.45, 2.75) is 58.8 Å². The lowest BCUT2D eigenvalue weighted by atomic mass is 9.96. The van der Waals surface area contributed by atoms with Gasteiger partial charge in [0.2, 0.25) is 0 Å². The maximum atomic E-state index is 6.32. The van der Waals surface area contributed by atoms with Crippen LogP contribution in [0.2, 0.25) is 0 Å². The lowest BCUT2D eigenvalue weighted by Crippen LogP contribution is -2.45. The van der Waals surface area contributed by atoms with Crippen molar-refractivity contribution in [3.63, 3.8) is 0 Å². The zero-order valence-electron chi connectivity index (χ0n) is 17.8. The zero-order valence-corrected chi connectivity index (χ0v) is 17.8. The molecule has 1 aliphatic heterocycles. The van der Waals surface area contributed by atoms with Gasteiger partial charge in [-0.2, -0.15) is 0 Å². The smallest absolute Gasteiger partial charge is 0.0996 e. The molecule has 152 valence electrons. The molecule has 3 rings (SSSR count). The summed E-state index contributed by atoms with van der Waals surface area (Å²) in [4.78, 5) is 5.10. The summed E-state index contributed by atoms with van der Waals surface area (Å²) in [6.07, 6.45) is 2.62. The number of benzene rings is 2. The highest BCUT2D eigenvalue weighted by Gasteiger charge is 2.34. The molecule has 0 aliphatic carbocycles. The van der Waals surface area contributed by atoms with Crippen molar-refractivity contribution in [1.82, 2.24) is 9.80 Å². The van der Waals surface area contributed by atoms with Crippen LogP contribution in [0.1, 0.15) is 44.7 Å². The Morgan fingerprint density at radius 2 is 1.54 bits per heavy atom. The summed E-state index contributed by atoms with van der Waals surface area (Å²) in [5.41, 5.74) is 2.74. The Kier molecular flexibility index (Phi) is 8.08. The molecule has 3 nitrogen and oxygen atoms in total. The molecule has 0 saturated carbocycles. The number of ether oxygens (including phenoxy) is 1. The molecule has 3 heteroatoms. The third-order valence-corrected chi connectivity index (χ3v) is 5.52. The first-order chi connectivity index (χ1) is 13.7. The van der Waals surface area contributed by atoms with E-state index in [1.807, 2.05) is 0 Å². The van der Waals surface area contributed by atoms with Crippen LogP contribution >= 0.6 is 0 Å². The minimum atomic E-state index is 0.279. The van der Waals surface area contributed by atoms with Gasteiger partial charge >= 0.3 is 0 Å². The predicted molar refractivity (Wildman–Crippen MR) is 117 cm³/mol. The van der Waals surface area contributed by atoms with E-state index in [1.54, 1.807) is 0 Å². The highest BCUT2D eigenvalue weighted by atomic mass is 16.5. The van der Waals surface area contributed by atoms with Gasteiger partial charge in [0.25, 0.3) is 0 Å². The van der Waals surface area contributed by atoms with Gasteiger partial charge < -0.3 is 4.74 Å².